The first kappa shape index (κ1) is 20.2. The Balaban J connectivity index is 2.50. The topological polar surface area (TPSA) is 59.6 Å². The van der Waals surface area contributed by atoms with Crippen LogP contribution in [0.4, 0.5) is 4.79 Å². The number of ether oxygens (including phenoxy) is 2. The van der Waals surface area contributed by atoms with Gasteiger partial charge in [-0.1, -0.05) is 13.8 Å². The molecule has 0 aliphatic carbocycles. The van der Waals surface area contributed by atoms with Crippen LogP contribution in [0.5, 0.6) is 0 Å². The summed E-state index contributed by atoms with van der Waals surface area (Å²) in [6.45, 7) is 15.7. The highest BCUT2D eigenvalue weighted by molar-refractivity contribution is 5.67. The molecule has 1 aliphatic heterocycles. The van der Waals surface area contributed by atoms with Gasteiger partial charge >= 0.3 is 6.09 Å². The number of carbonyl (C=O) groups excluding carboxylic acids is 1. The number of carbonyl (C=O) groups is 1. The highest BCUT2D eigenvalue weighted by Crippen LogP contribution is 2.24. The van der Waals surface area contributed by atoms with Gasteiger partial charge in [0.25, 0.3) is 0 Å². The molecule has 2 unspecified atom stereocenters. The summed E-state index contributed by atoms with van der Waals surface area (Å²) in [6, 6.07) is 0.685. The van der Waals surface area contributed by atoms with E-state index in [-0.39, 0.29) is 17.7 Å². The van der Waals surface area contributed by atoms with E-state index in [0.717, 1.165) is 25.9 Å². The lowest BCUT2D eigenvalue weighted by Gasteiger charge is -2.38. The van der Waals surface area contributed by atoms with Crippen LogP contribution in [-0.4, -0.2) is 42.5 Å². The van der Waals surface area contributed by atoms with E-state index in [1.165, 1.54) is 0 Å². The molecule has 1 heterocycles. The Labute approximate surface area is 141 Å². The van der Waals surface area contributed by atoms with Gasteiger partial charge < -0.3 is 20.1 Å². The maximum Gasteiger partial charge on any atom is 0.407 e. The summed E-state index contributed by atoms with van der Waals surface area (Å²) in [6.07, 6.45) is 2.69. The van der Waals surface area contributed by atoms with Crippen molar-refractivity contribution in [3.8, 4) is 0 Å². The fourth-order valence-electron chi connectivity index (χ4n) is 3.01. The van der Waals surface area contributed by atoms with Crippen LogP contribution in [0.25, 0.3) is 0 Å². The summed E-state index contributed by atoms with van der Waals surface area (Å²) in [5.74, 6) is 0.570. The second-order valence-corrected chi connectivity index (χ2v) is 8.67. The van der Waals surface area contributed by atoms with E-state index in [9.17, 15) is 4.79 Å². The number of nitrogens with one attached hydrogen (secondary N) is 2. The van der Waals surface area contributed by atoms with E-state index in [0.29, 0.717) is 18.5 Å². The van der Waals surface area contributed by atoms with Gasteiger partial charge in [0.15, 0.2) is 0 Å². The van der Waals surface area contributed by atoms with Crippen molar-refractivity contribution in [1.82, 2.24) is 10.6 Å². The van der Waals surface area contributed by atoms with E-state index in [4.69, 9.17) is 9.47 Å². The smallest absolute Gasteiger partial charge is 0.407 e. The lowest BCUT2D eigenvalue weighted by Crippen LogP contribution is -2.51. The Bertz CT molecular complexity index is 375. The van der Waals surface area contributed by atoms with Crippen LogP contribution in [0.15, 0.2) is 0 Å². The van der Waals surface area contributed by atoms with Crippen molar-refractivity contribution in [3.63, 3.8) is 0 Å². The minimum Gasteiger partial charge on any atom is -0.444 e. The van der Waals surface area contributed by atoms with E-state index in [1.807, 2.05) is 20.8 Å². The highest BCUT2D eigenvalue weighted by atomic mass is 16.6. The summed E-state index contributed by atoms with van der Waals surface area (Å²) in [4.78, 5) is 11.9. The molecule has 1 rings (SSSR count). The van der Waals surface area contributed by atoms with Crippen LogP contribution >= 0.6 is 0 Å². The third kappa shape index (κ3) is 9.16. The largest absolute Gasteiger partial charge is 0.444 e. The van der Waals surface area contributed by atoms with Crippen molar-refractivity contribution >= 4 is 6.09 Å². The molecule has 5 heteroatoms. The summed E-state index contributed by atoms with van der Waals surface area (Å²) in [5, 5.41) is 6.61. The molecular formula is C18H36N2O3. The Morgan fingerprint density at radius 3 is 2.52 bits per heavy atom. The summed E-state index contributed by atoms with van der Waals surface area (Å²) in [5.41, 5.74) is -0.535. The predicted molar refractivity (Wildman–Crippen MR) is 93.7 cm³/mol. The molecule has 2 atom stereocenters. The zero-order valence-corrected chi connectivity index (χ0v) is 16.0. The van der Waals surface area contributed by atoms with Crippen LogP contribution in [0.1, 0.15) is 67.7 Å². The van der Waals surface area contributed by atoms with Gasteiger partial charge in [-0.05, 0) is 59.8 Å². The molecule has 136 valence electrons. The summed E-state index contributed by atoms with van der Waals surface area (Å²) >= 11 is 0. The first-order chi connectivity index (χ1) is 10.5. The molecule has 0 spiro atoms. The van der Waals surface area contributed by atoms with Gasteiger partial charge in [-0.25, -0.2) is 4.79 Å². The SMILES string of the molecule is CC(C)CC(CNC(=O)OC(C)(C)C)NC1CCOC(C)(C)C1. The van der Waals surface area contributed by atoms with Gasteiger partial charge in [0.2, 0.25) is 0 Å². The molecule has 0 saturated carbocycles. The van der Waals surface area contributed by atoms with Gasteiger partial charge in [-0.15, -0.1) is 0 Å². The van der Waals surface area contributed by atoms with Crippen molar-refractivity contribution in [1.29, 1.82) is 0 Å². The van der Waals surface area contributed by atoms with Gasteiger partial charge in [0.1, 0.15) is 5.60 Å². The Morgan fingerprint density at radius 2 is 2.00 bits per heavy atom. The van der Waals surface area contributed by atoms with Gasteiger partial charge in [-0.2, -0.15) is 0 Å². The molecule has 1 fully saturated rings. The molecule has 2 N–H and O–H groups in total. The summed E-state index contributed by atoms with van der Waals surface area (Å²) < 4.78 is 11.1. The quantitative estimate of drug-likeness (QED) is 0.784. The van der Waals surface area contributed by atoms with Crippen molar-refractivity contribution in [2.24, 2.45) is 5.92 Å². The number of hydrogen-bond donors (Lipinski definition) is 2. The highest BCUT2D eigenvalue weighted by Gasteiger charge is 2.30. The molecule has 0 radical (unpaired) electrons. The number of hydrogen-bond acceptors (Lipinski definition) is 4. The lowest BCUT2D eigenvalue weighted by molar-refractivity contribution is -0.0644. The summed E-state index contributed by atoms with van der Waals surface area (Å²) in [7, 11) is 0. The Kier molecular flexibility index (Phi) is 7.33. The van der Waals surface area contributed by atoms with Crippen LogP contribution < -0.4 is 10.6 Å². The molecule has 1 amide bonds. The first-order valence-electron chi connectivity index (χ1n) is 8.84. The molecule has 1 saturated heterocycles. The standard InChI is InChI=1S/C18H36N2O3/c1-13(2)10-15(12-19-16(21)23-17(3,4)5)20-14-8-9-22-18(6,7)11-14/h13-15,20H,8-12H2,1-7H3,(H,19,21). The van der Waals surface area contributed by atoms with Crippen molar-refractivity contribution in [3.05, 3.63) is 0 Å². The second-order valence-electron chi connectivity index (χ2n) is 8.67. The van der Waals surface area contributed by atoms with E-state index in [2.05, 4.69) is 38.3 Å². The molecule has 0 aromatic heterocycles. The molecule has 0 bridgehead atoms. The van der Waals surface area contributed by atoms with E-state index >= 15 is 0 Å². The molecule has 23 heavy (non-hydrogen) atoms. The number of amides is 1. The molecule has 0 aromatic carbocycles. The molecule has 5 nitrogen and oxygen atoms in total. The van der Waals surface area contributed by atoms with Crippen molar-refractivity contribution < 1.29 is 14.3 Å². The molecule has 1 aliphatic rings. The van der Waals surface area contributed by atoms with Crippen LogP contribution in [0.2, 0.25) is 0 Å². The van der Waals surface area contributed by atoms with Crippen molar-refractivity contribution in [2.75, 3.05) is 13.2 Å². The van der Waals surface area contributed by atoms with Crippen LogP contribution in [0.3, 0.4) is 0 Å². The monoisotopic (exact) mass is 328 g/mol. The van der Waals surface area contributed by atoms with Gasteiger partial charge in [0.05, 0.1) is 5.60 Å². The zero-order valence-electron chi connectivity index (χ0n) is 16.0. The molecular weight excluding hydrogens is 292 g/mol. The average molecular weight is 328 g/mol. The Hall–Kier alpha value is -0.810. The zero-order chi connectivity index (χ0) is 17.7. The number of alkyl carbamates (subject to hydrolysis) is 1. The van der Waals surface area contributed by atoms with E-state index < -0.39 is 5.60 Å². The maximum absolute atomic E-state index is 11.9. The minimum atomic E-state index is -0.463. The van der Waals surface area contributed by atoms with Crippen LogP contribution in [-0.2, 0) is 9.47 Å². The lowest BCUT2D eigenvalue weighted by atomic mass is 9.92. The second kappa shape index (κ2) is 8.34. The number of rotatable bonds is 6. The Morgan fingerprint density at radius 1 is 1.35 bits per heavy atom. The maximum atomic E-state index is 11.9. The van der Waals surface area contributed by atoms with Gasteiger partial charge in [-0.3, -0.25) is 0 Å². The average Bonchev–Trinajstić information content (AvgIpc) is 2.32. The first-order valence-corrected chi connectivity index (χ1v) is 8.84. The third-order valence-electron chi connectivity index (χ3n) is 3.82. The normalized spacial score (nSPS) is 22.7. The third-order valence-corrected chi connectivity index (χ3v) is 3.82. The van der Waals surface area contributed by atoms with Gasteiger partial charge in [0, 0.05) is 25.2 Å². The van der Waals surface area contributed by atoms with Crippen molar-refractivity contribution in [2.45, 2.75) is 91.0 Å². The predicted octanol–water partition coefficient (Wildman–Crippen LogP) is 3.47. The minimum absolute atomic E-state index is 0.0725. The fraction of sp³-hybridized carbons (Fsp3) is 0.944. The van der Waals surface area contributed by atoms with Crippen LogP contribution in [0, 0.1) is 5.92 Å². The molecule has 0 aromatic rings. The van der Waals surface area contributed by atoms with E-state index in [1.54, 1.807) is 0 Å². The fourth-order valence-corrected chi connectivity index (χ4v) is 3.01.